The number of imidazole rings is 1. The van der Waals surface area contributed by atoms with Crippen molar-refractivity contribution < 1.29 is 4.79 Å². The minimum absolute atomic E-state index is 0.0947. The van der Waals surface area contributed by atoms with Gasteiger partial charge in [0.2, 0.25) is 0 Å². The lowest BCUT2D eigenvalue weighted by atomic mass is 10.1. The number of aromatic nitrogens is 4. The third kappa shape index (κ3) is 2.66. The van der Waals surface area contributed by atoms with Crippen molar-refractivity contribution in [2.24, 2.45) is 13.0 Å². The van der Waals surface area contributed by atoms with Gasteiger partial charge in [-0.2, -0.15) is 5.10 Å². The number of nitrogens with zero attached hydrogens (tertiary/aromatic N) is 5. The van der Waals surface area contributed by atoms with E-state index in [-0.39, 0.29) is 5.91 Å². The highest BCUT2D eigenvalue weighted by Crippen LogP contribution is 2.40. The third-order valence-electron chi connectivity index (χ3n) is 5.08. The molecule has 2 aromatic heterocycles. The molecule has 2 aromatic rings. The molecule has 6 heteroatoms. The average molecular weight is 313 g/mol. The van der Waals surface area contributed by atoms with Crippen LogP contribution >= 0.6 is 0 Å². The molecule has 1 atom stereocenters. The topological polar surface area (TPSA) is 56.0 Å². The Morgan fingerprint density at radius 2 is 2.17 bits per heavy atom. The van der Waals surface area contributed by atoms with Crippen LogP contribution in [0.1, 0.15) is 47.2 Å². The van der Waals surface area contributed by atoms with Gasteiger partial charge >= 0.3 is 0 Å². The molecule has 2 aliphatic rings. The Hall–Kier alpha value is -2.11. The summed E-state index contributed by atoms with van der Waals surface area (Å²) in [5, 5.41) is 4.10. The number of carbonyl (C=O) groups is 1. The van der Waals surface area contributed by atoms with Crippen molar-refractivity contribution in [2.45, 2.75) is 38.6 Å². The van der Waals surface area contributed by atoms with Gasteiger partial charge in [0.1, 0.15) is 11.5 Å². The predicted molar refractivity (Wildman–Crippen MR) is 86.2 cm³/mol. The Bertz CT molecular complexity index is 727. The zero-order chi connectivity index (χ0) is 16.0. The lowest BCUT2D eigenvalue weighted by Gasteiger charge is -2.18. The van der Waals surface area contributed by atoms with Gasteiger partial charge in [0.05, 0.1) is 0 Å². The van der Waals surface area contributed by atoms with E-state index in [9.17, 15) is 4.79 Å². The lowest BCUT2D eigenvalue weighted by Crippen LogP contribution is -2.31. The molecule has 1 saturated heterocycles. The van der Waals surface area contributed by atoms with Crippen LogP contribution in [0.5, 0.6) is 0 Å². The number of amides is 1. The Morgan fingerprint density at radius 1 is 1.35 bits per heavy atom. The molecule has 23 heavy (non-hydrogen) atoms. The smallest absolute Gasteiger partial charge is 0.272 e. The zero-order valence-electron chi connectivity index (χ0n) is 13.8. The van der Waals surface area contributed by atoms with Gasteiger partial charge in [-0.25, -0.2) is 4.98 Å². The van der Waals surface area contributed by atoms with E-state index in [1.54, 1.807) is 16.9 Å². The second-order valence-electron chi connectivity index (χ2n) is 6.89. The summed E-state index contributed by atoms with van der Waals surface area (Å²) < 4.78 is 4.03. The van der Waals surface area contributed by atoms with Crippen molar-refractivity contribution in [3.05, 3.63) is 35.7 Å². The monoisotopic (exact) mass is 313 g/mol. The summed E-state index contributed by atoms with van der Waals surface area (Å²) in [5.74, 6) is 2.52. The van der Waals surface area contributed by atoms with Gasteiger partial charge in [-0.15, -0.1) is 0 Å². The van der Waals surface area contributed by atoms with Gasteiger partial charge < -0.3 is 9.47 Å². The van der Waals surface area contributed by atoms with Crippen LogP contribution < -0.4 is 0 Å². The average Bonchev–Trinajstić information content (AvgIpc) is 2.94. The van der Waals surface area contributed by atoms with Gasteiger partial charge in [0.15, 0.2) is 0 Å². The van der Waals surface area contributed by atoms with Gasteiger partial charge in [0.25, 0.3) is 5.91 Å². The number of likely N-dealkylation sites (tertiary alicyclic amines) is 1. The second-order valence-corrected chi connectivity index (χ2v) is 6.89. The molecular weight excluding hydrogens is 290 g/mol. The molecule has 1 aliphatic heterocycles. The van der Waals surface area contributed by atoms with Crippen LogP contribution in [-0.4, -0.2) is 43.2 Å². The Balaban J connectivity index is 1.44. The Labute approximate surface area is 136 Å². The first-order valence-electron chi connectivity index (χ1n) is 8.43. The standard InChI is InChI=1S/C17H23N5O/c1-12-9-18-16(14-3-4-14)22(12)11-13-6-8-21(10-13)17(23)15-5-7-19-20(15)2/h5,7,9,13-14H,3-4,6,8,10-11H2,1-2H3. The first-order chi connectivity index (χ1) is 11.1. The first-order valence-corrected chi connectivity index (χ1v) is 8.43. The van der Waals surface area contributed by atoms with Gasteiger partial charge in [0, 0.05) is 50.7 Å². The van der Waals surface area contributed by atoms with Crippen molar-refractivity contribution in [1.29, 1.82) is 0 Å². The van der Waals surface area contributed by atoms with Crippen LogP contribution in [0.3, 0.4) is 0 Å². The molecule has 1 aliphatic carbocycles. The van der Waals surface area contributed by atoms with E-state index in [1.807, 2.05) is 18.1 Å². The molecule has 3 heterocycles. The van der Waals surface area contributed by atoms with Crippen LogP contribution in [-0.2, 0) is 13.6 Å². The molecule has 1 unspecified atom stereocenters. The number of hydrogen-bond acceptors (Lipinski definition) is 3. The minimum atomic E-state index is 0.0947. The largest absolute Gasteiger partial charge is 0.337 e. The number of aryl methyl sites for hydroxylation is 2. The summed E-state index contributed by atoms with van der Waals surface area (Å²) in [6.45, 7) is 4.77. The SMILES string of the molecule is Cc1cnc(C2CC2)n1CC1CCN(C(=O)c2ccnn2C)C1. The van der Waals surface area contributed by atoms with E-state index >= 15 is 0 Å². The molecule has 1 amide bonds. The van der Waals surface area contributed by atoms with Crippen molar-refractivity contribution in [3.63, 3.8) is 0 Å². The van der Waals surface area contributed by atoms with Crippen molar-refractivity contribution in [1.82, 2.24) is 24.2 Å². The molecule has 0 spiro atoms. The number of carbonyl (C=O) groups excluding carboxylic acids is 1. The highest BCUT2D eigenvalue weighted by Gasteiger charge is 2.32. The Kier molecular flexibility index (Phi) is 3.47. The maximum Gasteiger partial charge on any atom is 0.272 e. The molecule has 122 valence electrons. The van der Waals surface area contributed by atoms with Gasteiger partial charge in [-0.3, -0.25) is 9.48 Å². The van der Waals surface area contributed by atoms with Crippen molar-refractivity contribution in [2.75, 3.05) is 13.1 Å². The summed E-state index contributed by atoms with van der Waals surface area (Å²) >= 11 is 0. The van der Waals surface area contributed by atoms with E-state index < -0.39 is 0 Å². The first kappa shape index (κ1) is 14.5. The van der Waals surface area contributed by atoms with E-state index in [2.05, 4.69) is 21.6 Å². The quantitative estimate of drug-likeness (QED) is 0.867. The second kappa shape index (κ2) is 5.51. The lowest BCUT2D eigenvalue weighted by molar-refractivity contribution is 0.0775. The fourth-order valence-electron chi connectivity index (χ4n) is 3.55. The molecular formula is C17H23N5O. The maximum atomic E-state index is 12.6. The van der Waals surface area contributed by atoms with Gasteiger partial charge in [-0.1, -0.05) is 0 Å². The normalized spacial score (nSPS) is 21.1. The summed E-state index contributed by atoms with van der Waals surface area (Å²) in [7, 11) is 1.82. The van der Waals surface area contributed by atoms with E-state index in [0.717, 1.165) is 26.1 Å². The fraction of sp³-hybridized carbons (Fsp3) is 0.588. The Morgan fingerprint density at radius 3 is 2.87 bits per heavy atom. The van der Waals surface area contributed by atoms with Crippen LogP contribution in [0.15, 0.2) is 18.5 Å². The van der Waals surface area contributed by atoms with E-state index in [4.69, 9.17) is 0 Å². The van der Waals surface area contributed by atoms with Crippen LogP contribution in [0.4, 0.5) is 0 Å². The number of rotatable bonds is 4. The minimum Gasteiger partial charge on any atom is -0.337 e. The highest BCUT2D eigenvalue weighted by molar-refractivity contribution is 5.92. The van der Waals surface area contributed by atoms with Crippen LogP contribution in [0.2, 0.25) is 0 Å². The van der Waals surface area contributed by atoms with E-state index in [1.165, 1.54) is 24.4 Å². The van der Waals surface area contributed by atoms with Crippen LogP contribution in [0.25, 0.3) is 0 Å². The predicted octanol–water partition coefficient (Wildman–Crippen LogP) is 1.96. The number of hydrogen-bond donors (Lipinski definition) is 0. The van der Waals surface area contributed by atoms with Crippen molar-refractivity contribution >= 4 is 5.91 Å². The fourth-order valence-corrected chi connectivity index (χ4v) is 3.55. The maximum absolute atomic E-state index is 12.6. The molecule has 4 rings (SSSR count). The highest BCUT2D eigenvalue weighted by atomic mass is 16.2. The third-order valence-corrected chi connectivity index (χ3v) is 5.08. The van der Waals surface area contributed by atoms with Crippen molar-refractivity contribution in [3.8, 4) is 0 Å². The summed E-state index contributed by atoms with van der Waals surface area (Å²) in [5.41, 5.74) is 1.91. The molecule has 1 saturated carbocycles. The molecule has 0 radical (unpaired) electrons. The zero-order valence-corrected chi connectivity index (χ0v) is 13.8. The molecule has 2 fully saturated rings. The molecule has 6 nitrogen and oxygen atoms in total. The molecule has 0 aromatic carbocycles. The molecule has 0 bridgehead atoms. The summed E-state index contributed by atoms with van der Waals surface area (Å²) in [6.07, 6.45) is 7.27. The van der Waals surface area contributed by atoms with Crippen LogP contribution in [0, 0.1) is 12.8 Å². The molecule has 0 N–H and O–H groups in total. The summed E-state index contributed by atoms with van der Waals surface area (Å²) in [4.78, 5) is 19.1. The van der Waals surface area contributed by atoms with E-state index in [0.29, 0.717) is 17.5 Å². The van der Waals surface area contributed by atoms with Gasteiger partial charge in [-0.05, 0) is 38.2 Å². The summed E-state index contributed by atoms with van der Waals surface area (Å²) in [6, 6.07) is 1.79.